The molecule has 7 heteroatoms. The van der Waals surface area contributed by atoms with Crippen molar-refractivity contribution in [2.24, 2.45) is 0 Å². The molecule has 134 valence electrons. The molecule has 0 unspecified atom stereocenters. The third kappa shape index (κ3) is 5.29. The van der Waals surface area contributed by atoms with Gasteiger partial charge in [-0.1, -0.05) is 12.1 Å². The summed E-state index contributed by atoms with van der Waals surface area (Å²) in [7, 11) is 1.40. The Morgan fingerprint density at radius 3 is 2.60 bits per heavy atom. The molecule has 1 aromatic heterocycles. The van der Waals surface area contributed by atoms with Crippen molar-refractivity contribution in [2.45, 2.75) is 32.4 Å². The van der Waals surface area contributed by atoms with E-state index in [-0.39, 0.29) is 36.1 Å². The highest BCUT2D eigenvalue weighted by Crippen LogP contribution is 2.24. The van der Waals surface area contributed by atoms with Crippen LogP contribution < -0.4 is 15.4 Å². The molecule has 2 aromatic rings. The number of amides is 2. The van der Waals surface area contributed by atoms with E-state index in [1.165, 1.54) is 37.5 Å². The Labute approximate surface area is 150 Å². The van der Waals surface area contributed by atoms with E-state index < -0.39 is 5.82 Å². The van der Waals surface area contributed by atoms with E-state index >= 15 is 0 Å². The zero-order valence-electron chi connectivity index (χ0n) is 14.3. The van der Waals surface area contributed by atoms with Gasteiger partial charge >= 0.3 is 0 Å². The number of carbonyl (C=O) groups is 2. The maximum absolute atomic E-state index is 13.8. The van der Waals surface area contributed by atoms with Crippen LogP contribution in [-0.2, 0) is 9.59 Å². The summed E-state index contributed by atoms with van der Waals surface area (Å²) in [5.74, 6) is -0.742. The van der Waals surface area contributed by atoms with Gasteiger partial charge in [0.1, 0.15) is 0 Å². The predicted octanol–water partition coefficient (Wildman–Crippen LogP) is 3.34. The summed E-state index contributed by atoms with van der Waals surface area (Å²) in [4.78, 5) is 24.6. The fourth-order valence-electron chi connectivity index (χ4n) is 2.48. The van der Waals surface area contributed by atoms with Crippen LogP contribution in [0.2, 0.25) is 0 Å². The maximum atomic E-state index is 13.8. The molecule has 0 saturated heterocycles. The van der Waals surface area contributed by atoms with Gasteiger partial charge in [-0.25, -0.2) is 4.39 Å². The van der Waals surface area contributed by atoms with Crippen molar-refractivity contribution >= 4 is 23.2 Å². The second kappa shape index (κ2) is 8.62. The van der Waals surface area contributed by atoms with Crippen LogP contribution in [0.15, 0.2) is 35.7 Å². The second-order valence-corrected chi connectivity index (χ2v) is 6.64. The fourth-order valence-corrected chi connectivity index (χ4v) is 3.26. The van der Waals surface area contributed by atoms with Crippen LogP contribution in [0.5, 0.6) is 5.75 Å². The normalized spacial score (nSPS) is 13.0. The number of carbonyl (C=O) groups excluding carboxylic acids is 2. The lowest BCUT2D eigenvalue weighted by molar-refractivity contribution is -0.123. The molecule has 2 atom stereocenters. The summed E-state index contributed by atoms with van der Waals surface area (Å²) >= 11 is 1.48. The maximum Gasteiger partial charge on any atom is 0.222 e. The zero-order valence-corrected chi connectivity index (χ0v) is 15.2. The number of hydrogen-bond donors (Lipinski definition) is 2. The van der Waals surface area contributed by atoms with Crippen LogP contribution in [0.1, 0.15) is 42.8 Å². The van der Waals surface area contributed by atoms with Gasteiger partial charge in [-0.3, -0.25) is 9.59 Å². The Balaban J connectivity index is 2.02. The number of methoxy groups -OCH3 is 1. The van der Waals surface area contributed by atoms with Gasteiger partial charge in [0.2, 0.25) is 11.8 Å². The van der Waals surface area contributed by atoms with Crippen LogP contribution in [0, 0.1) is 5.82 Å². The molecule has 0 fully saturated rings. The van der Waals surface area contributed by atoms with Crippen molar-refractivity contribution in [3.63, 3.8) is 0 Å². The first kappa shape index (κ1) is 18.9. The lowest BCUT2D eigenvalue weighted by Gasteiger charge is -2.19. The third-order valence-corrected chi connectivity index (χ3v) is 4.69. The lowest BCUT2D eigenvalue weighted by Crippen LogP contribution is -2.33. The van der Waals surface area contributed by atoms with Crippen molar-refractivity contribution < 1.29 is 18.7 Å². The van der Waals surface area contributed by atoms with E-state index in [0.29, 0.717) is 5.56 Å². The molecule has 0 radical (unpaired) electrons. The van der Waals surface area contributed by atoms with Crippen LogP contribution in [0.4, 0.5) is 4.39 Å². The molecule has 0 bridgehead atoms. The standard InChI is InChI=1S/C18H21FN2O3S/c1-11(13-6-7-16(24-3)14(19)9-13)20-18(23)10-15(21-12(2)22)17-5-4-8-25-17/h4-9,11,15H,10H2,1-3H3,(H,20,23)(H,21,22)/t11-,15+/m0/s1. The Kier molecular flexibility index (Phi) is 6.52. The minimum atomic E-state index is -0.476. The number of nitrogens with one attached hydrogen (secondary N) is 2. The van der Waals surface area contributed by atoms with Gasteiger partial charge in [0.25, 0.3) is 0 Å². The monoisotopic (exact) mass is 364 g/mol. The molecule has 5 nitrogen and oxygen atoms in total. The van der Waals surface area contributed by atoms with Gasteiger partial charge in [0.15, 0.2) is 11.6 Å². The minimum Gasteiger partial charge on any atom is -0.494 e. The number of hydrogen-bond acceptors (Lipinski definition) is 4. The zero-order chi connectivity index (χ0) is 18.4. The quantitative estimate of drug-likeness (QED) is 0.792. The third-order valence-electron chi connectivity index (χ3n) is 3.71. The van der Waals surface area contributed by atoms with Gasteiger partial charge in [-0.05, 0) is 36.1 Å². The minimum absolute atomic E-state index is 0.114. The van der Waals surface area contributed by atoms with Crippen molar-refractivity contribution in [3.05, 3.63) is 52.0 Å². The molecule has 0 spiro atoms. The summed E-state index contributed by atoms with van der Waals surface area (Å²) in [6.07, 6.45) is 0.114. The van der Waals surface area contributed by atoms with Gasteiger partial charge in [-0.2, -0.15) is 0 Å². The first-order valence-corrected chi connectivity index (χ1v) is 8.72. The van der Waals surface area contributed by atoms with Crippen LogP contribution in [0.25, 0.3) is 0 Å². The number of halogens is 1. The number of rotatable bonds is 7. The highest BCUT2D eigenvalue weighted by Gasteiger charge is 2.20. The Hall–Kier alpha value is -2.41. The number of ether oxygens (including phenoxy) is 1. The molecule has 0 aliphatic carbocycles. The van der Waals surface area contributed by atoms with E-state index in [1.54, 1.807) is 13.0 Å². The average molecular weight is 364 g/mol. The SMILES string of the molecule is COc1ccc([C@H](C)NC(=O)C[C@@H](NC(C)=O)c2cccs2)cc1F. The topological polar surface area (TPSA) is 67.4 Å². The molecular weight excluding hydrogens is 343 g/mol. The van der Waals surface area contributed by atoms with E-state index in [4.69, 9.17) is 4.74 Å². The van der Waals surface area contributed by atoms with E-state index in [9.17, 15) is 14.0 Å². The number of benzene rings is 1. The van der Waals surface area contributed by atoms with Gasteiger partial charge < -0.3 is 15.4 Å². The molecule has 1 aromatic carbocycles. The highest BCUT2D eigenvalue weighted by molar-refractivity contribution is 7.10. The molecule has 2 amide bonds. The Bertz CT molecular complexity index is 734. The van der Waals surface area contributed by atoms with Crippen molar-refractivity contribution in [1.82, 2.24) is 10.6 Å². The molecular formula is C18H21FN2O3S. The first-order valence-electron chi connectivity index (χ1n) is 7.84. The summed E-state index contributed by atoms with van der Waals surface area (Å²) in [5.41, 5.74) is 0.638. The van der Waals surface area contributed by atoms with Crippen LogP contribution in [-0.4, -0.2) is 18.9 Å². The van der Waals surface area contributed by atoms with E-state index in [2.05, 4.69) is 10.6 Å². The van der Waals surface area contributed by atoms with Crippen LogP contribution >= 0.6 is 11.3 Å². The van der Waals surface area contributed by atoms with Gasteiger partial charge in [-0.15, -0.1) is 11.3 Å². The van der Waals surface area contributed by atoms with E-state index in [1.807, 2.05) is 17.5 Å². The largest absolute Gasteiger partial charge is 0.494 e. The van der Waals surface area contributed by atoms with E-state index in [0.717, 1.165) is 4.88 Å². The predicted molar refractivity (Wildman–Crippen MR) is 95.0 cm³/mol. The second-order valence-electron chi connectivity index (χ2n) is 5.66. The Morgan fingerprint density at radius 1 is 1.28 bits per heavy atom. The lowest BCUT2D eigenvalue weighted by atomic mass is 10.1. The Morgan fingerprint density at radius 2 is 2.04 bits per heavy atom. The number of thiophene rings is 1. The average Bonchev–Trinajstić information content (AvgIpc) is 3.08. The summed E-state index contributed by atoms with van der Waals surface area (Å²) in [6, 6.07) is 7.58. The van der Waals surface area contributed by atoms with Crippen molar-refractivity contribution in [1.29, 1.82) is 0 Å². The highest BCUT2D eigenvalue weighted by atomic mass is 32.1. The summed E-state index contributed by atoms with van der Waals surface area (Å²) < 4.78 is 18.7. The van der Waals surface area contributed by atoms with Gasteiger partial charge in [0, 0.05) is 11.8 Å². The van der Waals surface area contributed by atoms with Gasteiger partial charge in [0.05, 0.1) is 25.6 Å². The molecule has 2 N–H and O–H groups in total. The molecule has 0 aliphatic heterocycles. The molecule has 0 saturated carbocycles. The first-order chi connectivity index (χ1) is 11.9. The fraction of sp³-hybridized carbons (Fsp3) is 0.333. The summed E-state index contributed by atoms with van der Waals surface area (Å²) in [5, 5.41) is 7.51. The molecule has 0 aliphatic rings. The molecule has 2 rings (SSSR count). The molecule has 1 heterocycles. The van der Waals surface area contributed by atoms with Crippen molar-refractivity contribution in [2.75, 3.05) is 7.11 Å². The van der Waals surface area contributed by atoms with Crippen molar-refractivity contribution in [3.8, 4) is 5.75 Å². The van der Waals surface area contributed by atoms with Crippen LogP contribution in [0.3, 0.4) is 0 Å². The smallest absolute Gasteiger partial charge is 0.222 e. The summed E-state index contributed by atoms with van der Waals surface area (Å²) in [6.45, 7) is 3.19. The molecule has 25 heavy (non-hydrogen) atoms.